The second-order valence-electron chi connectivity index (χ2n) is 6.13. The van der Waals surface area contributed by atoms with Crippen molar-refractivity contribution in [3.05, 3.63) is 77.2 Å². The van der Waals surface area contributed by atoms with Crippen molar-refractivity contribution >= 4 is 16.6 Å². The molecule has 0 saturated heterocycles. The van der Waals surface area contributed by atoms with Crippen molar-refractivity contribution in [2.45, 2.75) is 25.8 Å². The smallest absolute Gasteiger partial charge is 0.149 e. The molecule has 1 aliphatic rings. The summed E-state index contributed by atoms with van der Waals surface area (Å²) in [5, 5.41) is 0.800. The second-order valence-corrected chi connectivity index (χ2v) is 6.13. The van der Waals surface area contributed by atoms with Gasteiger partial charge in [-0.05, 0) is 24.6 Å². The molecular formula is C20H17FN2. The van der Waals surface area contributed by atoms with Crippen LogP contribution in [-0.2, 0) is 0 Å². The van der Waals surface area contributed by atoms with E-state index in [1.54, 1.807) is 12.3 Å². The molecule has 2 atom stereocenters. The van der Waals surface area contributed by atoms with Crippen LogP contribution in [0.4, 0.5) is 4.39 Å². The van der Waals surface area contributed by atoms with Crippen LogP contribution >= 0.6 is 0 Å². The summed E-state index contributed by atoms with van der Waals surface area (Å²) in [6.45, 7) is 4.34. The molecule has 0 aliphatic carbocycles. The Kier molecular flexibility index (Phi) is 3.22. The zero-order valence-electron chi connectivity index (χ0n) is 13.1. The number of pyridine rings is 1. The van der Waals surface area contributed by atoms with Crippen LogP contribution in [0.25, 0.3) is 10.9 Å². The van der Waals surface area contributed by atoms with E-state index in [1.165, 1.54) is 11.6 Å². The number of aliphatic imine (C=N–C) groups is 1. The Balaban J connectivity index is 1.92. The zero-order chi connectivity index (χ0) is 16.0. The lowest BCUT2D eigenvalue weighted by molar-refractivity contribution is 0.605. The first-order valence-corrected chi connectivity index (χ1v) is 7.87. The number of halogens is 1. The van der Waals surface area contributed by atoms with Crippen LogP contribution < -0.4 is 0 Å². The topological polar surface area (TPSA) is 25.2 Å². The minimum atomic E-state index is -0.290. The van der Waals surface area contributed by atoms with Crippen LogP contribution in [-0.4, -0.2) is 16.7 Å². The van der Waals surface area contributed by atoms with Gasteiger partial charge >= 0.3 is 0 Å². The number of rotatable bonds is 1. The van der Waals surface area contributed by atoms with Gasteiger partial charge in [-0.1, -0.05) is 43.3 Å². The van der Waals surface area contributed by atoms with Crippen molar-refractivity contribution < 1.29 is 4.39 Å². The number of aromatic nitrogens is 1. The summed E-state index contributed by atoms with van der Waals surface area (Å²) in [4.78, 5) is 9.20. The molecule has 1 aromatic heterocycles. The van der Waals surface area contributed by atoms with E-state index in [0.717, 1.165) is 22.2 Å². The van der Waals surface area contributed by atoms with Gasteiger partial charge in [-0.25, -0.2) is 4.39 Å². The maximum absolute atomic E-state index is 13.8. The summed E-state index contributed by atoms with van der Waals surface area (Å²) in [5.74, 6) is 0.0998. The van der Waals surface area contributed by atoms with Crippen molar-refractivity contribution in [2.75, 3.05) is 0 Å². The van der Waals surface area contributed by atoms with E-state index >= 15 is 0 Å². The Morgan fingerprint density at radius 1 is 1.00 bits per heavy atom. The van der Waals surface area contributed by atoms with Gasteiger partial charge in [0, 0.05) is 28.6 Å². The van der Waals surface area contributed by atoms with Gasteiger partial charge in [-0.15, -0.1) is 0 Å². The van der Waals surface area contributed by atoms with Crippen LogP contribution in [0.2, 0.25) is 0 Å². The fraction of sp³-hybridized carbons (Fsp3) is 0.200. The molecular weight excluding hydrogens is 287 g/mol. The number of hydrogen-bond donors (Lipinski definition) is 0. The lowest BCUT2D eigenvalue weighted by Crippen LogP contribution is -2.23. The summed E-state index contributed by atoms with van der Waals surface area (Å²) in [5.41, 5.74) is 4.75. The van der Waals surface area contributed by atoms with Gasteiger partial charge in [-0.2, -0.15) is 0 Å². The number of nitrogens with zero attached hydrogens (tertiary/aromatic N) is 2. The van der Waals surface area contributed by atoms with Gasteiger partial charge in [0.05, 0.1) is 11.8 Å². The predicted molar refractivity (Wildman–Crippen MR) is 91.7 cm³/mol. The van der Waals surface area contributed by atoms with Gasteiger partial charge in [0.1, 0.15) is 11.3 Å². The molecule has 2 unspecified atom stereocenters. The van der Waals surface area contributed by atoms with E-state index in [0.29, 0.717) is 11.4 Å². The molecule has 23 heavy (non-hydrogen) atoms. The Morgan fingerprint density at radius 3 is 2.70 bits per heavy atom. The molecule has 2 aromatic carbocycles. The molecule has 3 heteroatoms. The molecule has 114 valence electrons. The van der Waals surface area contributed by atoms with Gasteiger partial charge < -0.3 is 0 Å². The summed E-state index contributed by atoms with van der Waals surface area (Å²) in [6, 6.07) is 15.6. The van der Waals surface area contributed by atoms with Crippen LogP contribution in [0.3, 0.4) is 0 Å². The Morgan fingerprint density at radius 2 is 1.83 bits per heavy atom. The lowest BCUT2D eigenvalue weighted by Gasteiger charge is -2.27. The zero-order valence-corrected chi connectivity index (χ0v) is 13.1. The maximum atomic E-state index is 13.8. The Labute approximate surface area is 134 Å². The first-order chi connectivity index (χ1) is 11.1. The highest BCUT2D eigenvalue weighted by molar-refractivity contribution is 6.15. The maximum Gasteiger partial charge on any atom is 0.149 e. The number of hydrogen-bond acceptors (Lipinski definition) is 2. The van der Waals surface area contributed by atoms with Crippen molar-refractivity contribution in [1.82, 2.24) is 4.98 Å². The minimum Gasteiger partial charge on any atom is -0.280 e. The van der Waals surface area contributed by atoms with Crippen LogP contribution in [0.1, 0.15) is 36.5 Å². The van der Waals surface area contributed by atoms with E-state index in [9.17, 15) is 4.39 Å². The quantitative estimate of drug-likeness (QED) is 0.639. The molecule has 0 bridgehead atoms. The monoisotopic (exact) mass is 304 g/mol. The van der Waals surface area contributed by atoms with Gasteiger partial charge in [0.25, 0.3) is 0 Å². The molecule has 3 aromatic rings. The fourth-order valence-corrected chi connectivity index (χ4v) is 3.24. The number of fused-ring (bicyclic) bond motifs is 2. The van der Waals surface area contributed by atoms with Gasteiger partial charge in [-0.3, -0.25) is 9.98 Å². The molecule has 0 spiro atoms. The fourth-order valence-electron chi connectivity index (χ4n) is 3.24. The molecule has 4 rings (SSSR count). The van der Waals surface area contributed by atoms with Crippen molar-refractivity contribution in [3.63, 3.8) is 0 Å². The van der Waals surface area contributed by atoms with E-state index in [2.05, 4.69) is 37.0 Å². The normalized spacial score (nSPS) is 20.2. The average Bonchev–Trinajstić information content (AvgIpc) is 2.58. The summed E-state index contributed by atoms with van der Waals surface area (Å²) < 4.78 is 13.8. The molecule has 0 N–H and O–H groups in total. The predicted octanol–water partition coefficient (Wildman–Crippen LogP) is 4.72. The molecule has 2 heterocycles. The third-order valence-electron chi connectivity index (χ3n) is 4.70. The summed E-state index contributed by atoms with van der Waals surface area (Å²) >= 11 is 0. The second kappa shape index (κ2) is 5.27. The highest BCUT2D eigenvalue weighted by Gasteiger charge is 2.25. The molecule has 0 fully saturated rings. The molecule has 0 amide bonds. The Bertz CT molecular complexity index is 930. The van der Waals surface area contributed by atoms with Crippen LogP contribution in [0.15, 0.2) is 59.7 Å². The highest BCUT2D eigenvalue weighted by atomic mass is 19.1. The average molecular weight is 304 g/mol. The van der Waals surface area contributed by atoms with Gasteiger partial charge in [0.15, 0.2) is 0 Å². The first-order valence-electron chi connectivity index (χ1n) is 7.87. The van der Waals surface area contributed by atoms with Crippen molar-refractivity contribution in [1.29, 1.82) is 0 Å². The van der Waals surface area contributed by atoms with E-state index in [1.807, 2.05) is 18.2 Å². The SMILES string of the molecule is CC1N=C(c2cnc3c(F)cccc3c2)c2ccccc2C1C. The third kappa shape index (κ3) is 2.24. The minimum absolute atomic E-state index is 0.211. The Hall–Kier alpha value is -2.55. The standard InChI is InChI=1S/C20H17FN2/c1-12-13(2)23-19(17-8-4-3-7-16(12)17)15-10-14-6-5-9-18(21)20(14)22-11-15/h3-13H,1-2H3. The molecule has 2 nitrogen and oxygen atoms in total. The van der Waals surface area contributed by atoms with E-state index in [4.69, 9.17) is 4.99 Å². The number of benzene rings is 2. The molecule has 0 saturated carbocycles. The lowest BCUT2D eigenvalue weighted by atomic mass is 9.84. The van der Waals surface area contributed by atoms with E-state index < -0.39 is 0 Å². The molecule has 0 radical (unpaired) electrons. The largest absolute Gasteiger partial charge is 0.280 e. The van der Waals surface area contributed by atoms with Crippen molar-refractivity contribution in [2.24, 2.45) is 4.99 Å². The van der Waals surface area contributed by atoms with Gasteiger partial charge in [0.2, 0.25) is 0 Å². The number of para-hydroxylation sites is 1. The van der Waals surface area contributed by atoms with Crippen LogP contribution in [0, 0.1) is 5.82 Å². The van der Waals surface area contributed by atoms with Crippen LogP contribution in [0.5, 0.6) is 0 Å². The van der Waals surface area contributed by atoms with Crippen molar-refractivity contribution in [3.8, 4) is 0 Å². The summed E-state index contributed by atoms with van der Waals surface area (Å²) in [7, 11) is 0. The summed E-state index contributed by atoms with van der Waals surface area (Å²) in [6.07, 6.45) is 1.73. The molecule has 1 aliphatic heterocycles. The first kappa shape index (κ1) is 14.1. The third-order valence-corrected chi connectivity index (χ3v) is 4.70. The highest BCUT2D eigenvalue weighted by Crippen LogP contribution is 2.32. The van der Waals surface area contributed by atoms with E-state index in [-0.39, 0.29) is 11.9 Å².